The number of rotatable bonds is 6. The zero-order valence-corrected chi connectivity index (χ0v) is 12.8. The van der Waals surface area contributed by atoms with Crippen LogP contribution in [0.5, 0.6) is 0 Å². The van der Waals surface area contributed by atoms with Gasteiger partial charge in [-0.25, -0.2) is 0 Å². The van der Waals surface area contributed by atoms with Gasteiger partial charge in [0, 0.05) is 30.9 Å². The number of carbonyl (C=O) groups excluding carboxylic acids is 1. The Labute approximate surface area is 121 Å². The summed E-state index contributed by atoms with van der Waals surface area (Å²) < 4.78 is 0. The van der Waals surface area contributed by atoms with Crippen LogP contribution in [-0.2, 0) is 6.42 Å². The Morgan fingerprint density at radius 3 is 2.80 bits per heavy atom. The van der Waals surface area contributed by atoms with Crippen LogP contribution in [0.15, 0.2) is 18.2 Å². The van der Waals surface area contributed by atoms with Gasteiger partial charge in [-0.3, -0.25) is 4.79 Å². The van der Waals surface area contributed by atoms with Gasteiger partial charge in [0.1, 0.15) is 0 Å². The lowest BCUT2D eigenvalue weighted by Crippen LogP contribution is -2.33. The standard InChI is InChI=1S/C16H25N3O/c1-4-19(11-5-10-18(2)3)16(20)14-6-7-15-13(12-14)8-9-17-15/h6-7,12,17H,4-5,8-11H2,1-3H3. The van der Waals surface area contributed by atoms with Crippen molar-refractivity contribution in [1.29, 1.82) is 0 Å². The van der Waals surface area contributed by atoms with Gasteiger partial charge in [-0.05, 0) is 64.2 Å². The van der Waals surface area contributed by atoms with Gasteiger partial charge in [-0.15, -0.1) is 0 Å². The second kappa shape index (κ2) is 6.75. The minimum absolute atomic E-state index is 0.154. The topological polar surface area (TPSA) is 35.6 Å². The van der Waals surface area contributed by atoms with E-state index in [0.717, 1.165) is 44.6 Å². The molecule has 0 unspecified atom stereocenters. The van der Waals surface area contributed by atoms with Gasteiger partial charge in [0.2, 0.25) is 0 Å². The largest absolute Gasteiger partial charge is 0.384 e. The number of hydrogen-bond donors (Lipinski definition) is 1. The monoisotopic (exact) mass is 275 g/mol. The normalized spacial score (nSPS) is 13.2. The third-order valence-electron chi connectivity index (χ3n) is 3.76. The minimum atomic E-state index is 0.154. The van der Waals surface area contributed by atoms with Crippen LogP contribution in [0, 0.1) is 0 Å². The molecule has 0 aromatic heterocycles. The van der Waals surface area contributed by atoms with Crippen molar-refractivity contribution in [3.8, 4) is 0 Å². The number of anilines is 1. The van der Waals surface area contributed by atoms with Crippen LogP contribution in [0.1, 0.15) is 29.3 Å². The quantitative estimate of drug-likeness (QED) is 0.863. The molecule has 4 nitrogen and oxygen atoms in total. The van der Waals surface area contributed by atoms with Gasteiger partial charge in [-0.1, -0.05) is 0 Å². The van der Waals surface area contributed by atoms with Crippen LogP contribution in [0.2, 0.25) is 0 Å². The number of hydrogen-bond acceptors (Lipinski definition) is 3. The van der Waals surface area contributed by atoms with Crippen molar-refractivity contribution < 1.29 is 4.79 Å². The van der Waals surface area contributed by atoms with Gasteiger partial charge in [0.05, 0.1) is 0 Å². The summed E-state index contributed by atoms with van der Waals surface area (Å²) >= 11 is 0. The van der Waals surface area contributed by atoms with Gasteiger partial charge in [0.15, 0.2) is 0 Å². The molecular weight excluding hydrogens is 250 g/mol. The van der Waals surface area contributed by atoms with Crippen molar-refractivity contribution in [2.24, 2.45) is 0 Å². The molecule has 0 fully saturated rings. The third kappa shape index (κ3) is 3.51. The van der Waals surface area contributed by atoms with E-state index >= 15 is 0 Å². The Bertz CT molecular complexity index is 471. The maximum atomic E-state index is 12.5. The van der Waals surface area contributed by atoms with E-state index in [4.69, 9.17) is 0 Å². The van der Waals surface area contributed by atoms with E-state index < -0.39 is 0 Å². The molecule has 1 aromatic carbocycles. The molecule has 0 atom stereocenters. The summed E-state index contributed by atoms with van der Waals surface area (Å²) in [5.74, 6) is 0.154. The predicted octanol–water partition coefficient (Wildman–Crippen LogP) is 2.07. The van der Waals surface area contributed by atoms with Crippen molar-refractivity contribution in [1.82, 2.24) is 9.80 Å². The molecular formula is C16H25N3O. The Morgan fingerprint density at radius 1 is 1.30 bits per heavy atom. The lowest BCUT2D eigenvalue weighted by molar-refractivity contribution is 0.0759. The number of benzene rings is 1. The molecule has 0 radical (unpaired) electrons. The molecule has 1 aliphatic rings. The fourth-order valence-electron chi connectivity index (χ4n) is 2.60. The van der Waals surface area contributed by atoms with Gasteiger partial charge in [-0.2, -0.15) is 0 Å². The lowest BCUT2D eigenvalue weighted by atomic mass is 10.1. The average Bonchev–Trinajstić information content (AvgIpc) is 2.90. The highest BCUT2D eigenvalue weighted by atomic mass is 16.2. The summed E-state index contributed by atoms with van der Waals surface area (Å²) in [4.78, 5) is 16.6. The Kier molecular flexibility index (Phi) is 5.01. The summed E-state index contributed by atoms with van der Waals surface area (Å²) in [5.41, 5.74) is 3.26. The van der Waals surface area contributed by atoms with Crippen LogP contribution < -0.4 is 5.32 Å². The van der Waals surface area contributed by atoms with Crippen molar-refractivity contribution >= 4 is 11.6 Å². The van der Waals surface area contributed by atoms with Gasteiger partial charge < -0.3 is 15.1 Å². The van der Waals surface area contributed by atoms with Crippen LogP contribution in [0.3, 0.4) is 0 Å². The molecule has 1 N–H and O–H groups in total. The molecule has 110 valence electrons. The lowest BCUT2D eigenvalue weighted by Gasteiger charge is -2.22. The first-order chi connectivity index (χ1) is 9.61. The predicted molar refractivity (Wildman–Crippen MR) is 83.4 cm³/mol. The fourth-order valence-corrected chi connectivity index (χ4v) is 2.60. The minimum Gasteiger partial charge on any atom is -0.384 e. The molecule has 1 amide bonds. The van der Waals surface area contributed by atoms with E-state index in [1.807, 2.05) is 30.0 Å². The first-order valence-corrected chi connectivity index (χ1v) is 7.42. The Balaban J connectivity index is 2.00. The smallest absolute Gasteiger partial charge is 0.253 e. The highest BCUT2D eigenvalue weighted by Gasteiger charge is 2.17. The molecule has 1 aromatic rings. The number of nitrogens with one attached hydrogen (secondary N) is 1. The molecule has 1 aliphatic heterocycles. The van der Waals surface area contributed by atoms with Crippen LogP contribution in [-0.4, -0.2) is 56.0 Å². The molecule has 1 heterocycles. The second-order valence-electron chi connectivity index (χ2n) is 5.59. The molecule has 0 bridgehead atoms. The zero-order chi connectivity index (χ0) is 14.5. The van der Waals surface area contributed by atoms with E-state index in [9.17, 15) is 4.79 Å². The molecule has 0 saturated carbocycles. The number of carbonyl (C=O) groups is 1. The van der Waals surface area contributed by atoms with Crippen molar-refractivity contribution in [2.45, 2.75) is 19.8 Å². The summed E-state index contributed by atoms with van der Waals surface area (Å²) in [6.07, 6.45) is 2.03. The first-order valence-electron chi connectivity index (χ1n) is 7.42. The highest BCUT2D eigenvalue weighted by Crippen LogP contribution is 2.23. The van der Waals surface area contributed by atoms with Crippen molar-refractivity contribution in [3.63, 3.8) is 0 Å². The van der Waals surface area contributed by atoms with Crippen molar-refractivity contribution in [3.05, 3.63) is 29.3 Å². The first kappa shape index (κ1) is 14.9. The van der Waals surface area contributed by atoms with Gasteiger partial charge in [0.25, 0.3) is 5.91 Å². The molecule has 20 heavy (non-hydrogen) atoms. The van der Waals surface area contributed by atoms with E-state index in [1.54, 1.807) is 0 Å². The number of nitrogens with zero attached hydrogens (tertiary/aromatic N) is 2. The van der Waals surface area contributed by atoms with E-state index in [-0.39, 0.29) is 5.91 Å². The molecule has 0 aliphatic carbocycles. The molecule has 0 spiro atoms. The number of fused-ring (bicyclic) bond motifs is 1. The van der Waals surface area contributed by atoms with Crippen LogP contribution in [0.4, 0.5) is 5.69 Å². The SMILES string of the molecule is CCN(CCCN(C)C)C(=O)c1ccc2c(c1)CCN2. The highest BCUT2D eigenvalue weighted by molar-refractivity contribution is 5.95. The third-order valence-corrected chi connectivity index (χ3v) is 3.76. The van der Waals surface area contributed by atoms with Gasteiger partial charge >= 0.3 is 0 Å². The summed E-state index contributed by atoms with van der Waals surface area (Å²) in [6, 6.07) is 6.02. The number of amides is 1. The van der Waals surface area contributed by atoms with Crippen LogP contribution in [0.25, 0.3) is 0 Å². The summed E-state index contributed by atoms with van der Waals surface area (Å²) in [5, 5.41) is 3.33. The summed E-state index contributed by atoms with van der Waals surface area (Å²) in [6.45, 7) is 5.62. The summed E-state index contributed by atoms with van der Waals surface area (Å²) in [7, 11) is 4.12. The average molecular weight is 275 g/mol. The fraction of sp³-hybridized carbons (Fsp3) is 0.562. The maximum absolute atomic E-state index is 12.5. The molecule has 0 saturated heterocycles. The Hall–Kier alpha value is -1.55. The van der Waals surface area contributed by atoms with Crippen molar-refractivity contribution in [2.75, 3.05) is 45.6 Å². The Morgan fingerprint density at radius 2 is 2.10 bits per heavy atom. The second-order valence-corrected chi connectivity index (χ2v) is 5.59. The molecule has 2 rings (SSSR count). The van der Waals surface area contributed by atoms with E-state index in [2.05, 4.69) is 24.3 Å². The van der Waals surface area contributed by atoms with E-state index in [0.29, 0.717) is 0 Å². The van der Waals surface area contributed by atoms with Crippen LogP contribution >= 0.6 is 0 Å². The maximum Gasteiger partial charge on any atom is 0.253 e. The zero-order valence-electron chi connectivity index (χ0n) is 12.8. The molecule has 4 heteroatoms. The van der Waals surface area contributed by atoms with E-state index in [1.165, 1.54) is 11.3 Å².